The van der Waals surface area contributed by atoms with Gasteiger partial charge < -0.3 is 15.0 Å². The average Bonchev–Trinajstić information content (AvgIpc) is 2.46. The molecule has 0 aliphatic heterocycles. The summed E-state index contributed by atoms with van der Waals surface area (Å²) >= 11 is 0. The predicted molar refractivity (Wildman–Crippen MR) is 81.8 cm³/mol. The van der Waals surface area contributed by atoms with Gasteiger partial charge in [0.25, 0.3) is 0 Å². The van der Waals surface area contributed by atoms with Gasteiger partial charge in [0.1, 0.15) is 0 Å². The molecule has 116 valence electrons. The summed E-state index contributed by atoms with van der Waals surface area (Å²) in [7, 11) is 1.78. The number of hydrogen-bond acceptors (Lipinski definition) is 4. The summed E-state index contributed by atoms with van der Waals surface area (Å²) in [5.41, 5.74) is 2.31. The van der Waals surface area contributed by atoms with Crippen LogP contribution in [0.4, 0.5) is 0 Å². The van der Waals surface area contributed by atoms with Crippen molar-refractivity contribution in [1.29, 1.82) is 0 Å². The maximum absolute atomic E-state index is 12.0. The zero-order valence-electron chi connectivity index (χ0n) is 13.0. The highest BCUT2D eigenvalue weighted by Gasteiger charge is 2.10. The molecule has 21 heavy (non-hydrogen) atoms. The largest absolute Gasteiger partial charge is 0.466 e. The zero-order chi connectivity index (χ0) is 15.7. The highest BCUT2D eigenvalue weighted by atomic mass is 16.5. The third kappa shape index (κ3) is 6.40. The van der Waals surface area contributed by atoms with E-state index in [0.29, 0.717) is 19.7 Å². The lowest BCUT2D eigenvalue weighted by atomic mass is 10.1. The molecular weight excluding hydrogens is 268 g/mol. The second-order valence-corrected chi connectivity index (χ2v) is 4.91. The van der Waals surface area contributed by atoms with Crippen LogP contribution in [0.2, 0.25) is 0 Å². The van der Waals surface area contributed by atoms with Crippen LogP contribution < -0.4 is 5.32 Å². The Labute approximate surface area is 126 Å². The molecule has 1 rings (SSSR count). The summed E-state index contributed by atoms with van der Waals surface area (Å²) < 4.78 is 4.81. The second kappa shape index (κ2) is 9.13. The lowest BCUT2D eigenvalue weighted by Crippen LogP contribution is -2.36. The molecule has 0 radical (unpaired) electrons. The van der Waals surface area contributed by atoms with Gasteiger partial charge in [0, 0.05) is 20.1 Å². The van der Waals surface area contributed by atoms with Crippen molar-refractivity contribution in [2.24, 2.45) is 0 Å². The highest BCUT2D eigenvalue weighted by Crippen LogP contribution is 2.09. The Balaban J connectivity index is 2.29. The smallest absolute Gasteiger partial charge is 0.307 e. The number of aryl methyl sites for hydroxylation is 1. The number of amides is 1. The number of rotatable bonds is 8. The summed E-state index contributed by atoms with van der Waals surface area (Å²) in [6.45, 7) is 5.45. The maximum atomic E-state index is 12.0. The van der Waals surface area contributed by atoms with Gasteiger partial charge in [-0.05, 0) is 25.0 Å². The predicted octanol–water partition coefficient (Wildman–Crippen LogP) is 1.50. The molecule has 0 bridgehead atoms. The Morgan fingerprint density at radius 1 is 1.29 bits per heavy atom. The number of likely N-dealkylation sites (N-methyl/N-ethyl adjacent to an activating group) is 1. The molecule has 0 saturated heterocycles. The number of nitrogens with zero attached hydrogens (tertiary/aromatic N) is 1. The van der Waals surface area contributed by atoms with Crippen molar-refractivity contribution in [2.75, 3.05) is 26.7 Å². The minimum atomic E-state index is -0.245. The number of benzene rings is 1. The van der Waals surface area contributed by atoms with Gasteiger partial charge in [-0.2, -0.15) is 0 Å². The number of carbonyl (C=O) groups excluding carboxylic acids is 2. The highest BCUT2D eigenvalue weighted by molar-refractivity contribution is 5.78. The molecule has 1 aromatic carbocycles. The quantitative estimate of drug-likeness (QED) is 0.582. The molecule has 0 heterocycles. The van der Waals surface area contributed by atoms with Crippen molar-refractivity contribution in [3.8, 4) is 0 Å². The van der Waals surface area contributed by atoms with Gasteiger partial charge in [0.05, 0.1) is 19.6 Å². The monoisotopic (exact) mass is 292 g/mol. The first-order valence-corrected chi connectivity index (χ1v) is 7.19. The maximum Gasteiger partial charge on any atom is 0.307 e. The van der Waals surface area contributed by atoms with Crippen molar-refractivity contribution in [3.63, 3.8) is 0 Å². The minimum Gasteiger partial charge on any atom is -0.466 e. The van der Waals surface area contributed by atoms with E-state index >= 15 is 0 Å². The SMILES string of the molecule is CCOC(=O)CCNCC(=O)N(C)Cc1ccccc1C. The van der Waals surface area contributed by atoms with E-state index in [2.05, 4.69) is 5.32 Å². The Bertz CT molecular complexity index is 474. The van der Waals surface area contributed by atoms with Crippen LogP contribution in [0, 0.1) is 6.92 Å². The van der Waals surface area contributed by atoms with Crippen molar-refractivity contribution >= 4 is 11.9 Å². The molecule has 1 N–H and O–H groups in total. The van der Waals surface area contributed by atoms with Gasteiger partial charge >= 0.3 is 5.97 Å². The third-order valence-electron chi connectivity index (χ3n) is 3.18. The number of carbonyl (C=O) groups is 2. The normalized spacial score (nSPS) is 10.2. The average molecular weight is 292 g/mol. The third-order valence-corrected chi connectivity index (χ3v) is 3.18. The van der Waals surface area contributed by atoms with E-state index in [-0.39, 0.29) is 24.8 Å². The van der Waals surface area contributed by atoms with Crippen LogP contribution in [0.5, 0.6) is 0 Å². The lowest BCUT2D eigenvalue weighted by Gasteiger charge is -2.18. The summed E-state index contributed by atoms with van der Waals surface area (Å²) in [5.74, 6) is -0.243. The van der Waals surface area contributed by atoms with Crippen LogP contribution in [0.15, 0.2) is 24.3 Å². The van der Waals surface area contributed by atoms with Crippen LogP contribution in [-0.4, -0.2) is 43.5 Å². The topological polar surface area (TPSA) is 58.6 Å². The molecule has 5 heteroatoms. The van der Waals surface area contributed by atoms with Gasteiger partial charge in [-0.1, -0.05) is 24.3 Å². The molecule has 0 spiro atoms. The molecule has 0 aliphatic rings. The number of nitrogens with one attached hydrogen (secondary N) is 1. The lowest BCUT2D eigenvalue weighted by molar-refractivity contribution is -0.143. The van der Waals surface area contributed by atoms with E-state index in [0.717, 1.165) is 5.56 Å². The van der Waals surface area contributed by atoms with Gasteiger partial charge in [0.15, 0.2) is 0 Å². The summed E-state index contributed by atoms with van der Waals surface area (Å²) in [6, 6.07) is 8.01. The van der Waals surface area contributed by atoms with E-state index in [1.165, 1.54) is 5.56 Å². The molecular formula is C16H24N2O3. The first-order chi connectivity index (χ1) is 10.0. The number of ether oxygens (including phenoxy) is 1. The van der Waals surface area contributed by atoms with E-state index in [1.807, 2.05) is 31.2 Å². The molecule has 0 aliphatic carbocycles. The summed E-state index contributed by atoms with van der Waals surface area (Å²) in [6.07, 6.45) is 0.280. The fourth-order valence-corrected chi connectivity index (χ4v) is 1.89. The second-order valence-electron chi connectivity index (χ2n) is 4.91. The van der Waals surface area contributed by atoms with E-state index < -0.39 is 0 Å². The number of hydrogen-bond donors (Lipinski definition) is 1. The van der Waals surface area contributed by atoms with Crippen LogP contribution in [0.3, 0.4) is 0 Å². The van der Waals surface area contributed by atoms with Crippen molar-refractivity contribution in [2.45, 2.75) is 26.8 Å². The Kier molecular flexibility index (Phi) is 7.46. The fraction of sp³-hybridized carbons (Fsp3) is 0.500. The van der Waals surface area contributed by atoms with Gasteiger partial charge in [-0.3, -0.25) is 9.59 Å². The first-order valence-electron chi connectivity index (χ1n) is 7.19. The Hall–Kier alpha value is -1.88. The Morgan fingerprint density at radius 2 is 2.00 bits per heavy atom. The van der Waals surface area contributed by atoms with Crippen LogP contribution in [0.1, 0.15) is 24.5 Å². The van der Waals surface area contributed by atoms with Gasteiger partial charge in [-0.25, -0.2) is 0 Å². The van der Waals surface area contributed by atoms with E-state index in [4.69, 9.17) is 4.74 Å². The molecule has 0 unspecified atom stereocenters. The molecule has 5 nitrogen and oxygen atoms in total. The molecule has 0 fully saturated rings. The van der Waals surface area contributed by atoms with Gasteiger partial charge in [0.2, 0.25) is 5.91 Å². The van der Waals surface area contributed by atoms with Crippen molar-refractivity contribution in [1.82, 2.24) is 10.2 Å². The first kappa shape index (κ1) is 17.2. The fourth-order valence-electron chi connectivity index (χ4n) is 1.89. The van der Waals surface area contributed by atoms with Crippen LogP contribution >= 0.6 is 0 Å². The van der Waals surface area contributed by atoms with Crippen LogP contribution in [-0.2, 0) is 20.9 Å². The zero-order valence-corrected chi connectivity index (χ0v) is 13.0. The summed E-state index contributed by atoms with van der Waals surface area (Å²) in [5, 5.41) is 2.96. The van der Waals surface area contributed by atoms with E-state index in [9.17, 15) is 9.59 Å². The molecule has 1 aromatic rings. The van der Waals surface area contributed by atoms with E-state index in [1.54, 1.807) is 18.9 Å². The molecule has 1 amide bonds. The standard InChI is InChI=1S/C16H24N2O3/c1-4-21-16(20)9-10-17-11-15(19)18(3)12-14-8-6-5-7-13(14)2/h5-8,17H,4,9-12H2,1-3H3. The number of esters is 1. The molecule has 0 aromatic heterocycles. The minimum absolute atomic E-state index is 0.00196. The van der Waals surface area contributed by atoms with Crippen molar-refractivity contribution < 1.29 is 14.3 Å². The molecule has 0 saturated carbocycles. The molecule has 0 atom stereocenters. The summed E-state index contributed by atoms with van der Waals surface area (Å²) in [4.78, 5) is 24.8. The van der Waals surface area contributed by atoms with Gasteiger partial charge in [-0.15, -0.1) is 0 Å². The van der Waals surface area contributed by atoms with Crippen molar-refractivity contribution in [3.05, 3.63) is 35.4 Å². The van der Waals surface area contributed by atoms with Crippen LogP contribution in [0.25, 0.3) is 0 Å². The Morgan fingerprint density at radius 3 is 2.67 bits per heavy atom.